The summed E-state index contributed by atoms with van der Waals surface area (Å²) < 4.78 is 38.1. The molecule has 1 aliphatic rings. The predicted octanol–water partition coefficient (Wildman–Crippen LogP) is 2.18. The number of carbonyl (C=O) groups is 2. The van der Waals surface area contributed by atoms with Crippen LogP contribution >= 0.6 is 0 Å². The summed E-state index contributed by atoms with van der Waals surface area (Å²) in [7, 11) is 1.29. The number of carbonyl (C=O) groups excluding carboxylic acids is 1. The first-order valence-electron chi connectivity index (χ1n) is 6.30. The first-order chi connectivity index (χ1) is 8.98. The standard InChI is InChI=1S/C12H19F3N2O3/c1-11(2,9(18)19)16(3)10(20)17-6-4-5-8(7-17)12(13,14)15/h8H,4-7H2,1-3H3,(H,18,19). The lowest BCUT2D eigenvalue weighted by atomic mass is 9.97. The van der Waals surface area contributed by atoms with E-state index < -0.39 is 36.2 Å². The van der Waals surface area contributed by atoms with Crippen molar-refractivity contribution in [3.05, 3.63) is 0 Å². The van der Waals surface area contributed by atoms with Gasteiger partial charge in [-0.1, -0.05) is 0 Å². The molecular formula is C12H19F3N2O3. The van der Waals surface area contributed by atoms with Crippen LogP contribution in [0.4, 0.5) is 18.0 Å². The van der Waals surface area contributed by atoms with Crippen molar-refractivity contribution in [1.29, 1.82) is 0 Å². The SMILES string of the molecule is CN(C(=O)N1CCCC(C(F)(F)F)C1)C(C)(C)C(=O)O. The molecule has 5 nitrogen and oxygen atoms in total. The van der Waals surface area contributed by atoms with Crippen LogP contribution in [0.2, 0.25) is 0 Å². The summed E-state index contributed by atoms with van der Waals surface area (Å²) in [5.74, 6) is -2.75. The molecule has 0 radical (unpaired) electrons. The van der Waals surface area contributed by atoms with Crippen LogP contribution in [-0.2, 0) is 4.79 Å². The van der Waals surface area contributed by atoms with Crippen LogP contribution in [-0.4, -0.2) is 58.8 Å². The topological polar surface area (TPSA) is 60.9 Å². The number of likely N-dealkylation sites (N-methyl/N-ethyl adjacent to an activating group) is 1. The average molecular weight is 296 g/mol. The van der Waals surface area contributed by atoms with E-state index in [1.54, 1.807) is 0 Å². The van der Waals surface area contributed by atoms with Gasteiger partial charge in [0, 0.05) is 20.1 Å². The molecule has 0 aromatic heterocycles. The molecule has 1 aliphatic heterocycles. The molecule has 20 heavy (non-hydrogen) atoms. The number of hydrogen-bond acceptors (Lipinski definition) is 2. The molecule has 0 aromatic carbocycles. The molecule has 1 heterocycles. The maximum absolute atomic E-state index is 12.7. The van der Waals surface area contributed by atoms with Gasteiger partial charge in [-0.25, -0.2) is 9.59 Å². The van der Waals surface area contributed by atoms with Crippen molar-refractivity contribution in [3.63, 3.8) is 0 Å². The Labute approximate surface area is 115 Å². The Morgan fingerprint density at radius 3 is 2.30 bits per heavy atom. The third kappa shape index (κ3) is 3.34. The summed E-state index contributed by atoms with van der Waals surface area (Å²) in [5, 5.41) is 9.05. The smallest absolute Gasteiger partial charge is 0.393 e. The Morgan fingerprint density at radius 2 is 1.85 bits per heavy atom. The van der Waals surface area contributed by atoms with Crippen molar-refractivity contribution in [2.75, 3.05) is 20.1 Å². The van der Waals surface area contributed by atoms with E-state index in [2.05, 4.69) is 0 Å². The third-order valence-electron chi connectivity index (χ3n) is 3.80. The van der Waals surface area contributed by atoms with E-state index in [-0.39, 0.29) is 19.4 Å². The Morgan fingerprint density at radius 1 is 1.30 bits per heavy atom. The molecule has 0 aromatic rings. The fourth-order valence-corrected chi connectivity index (χ4v) is 2.01. The van der Waals surface area contributed by atoms with Crippen LogP contribution in [0, 0.1) is 5.92 Å². The second-order valence-corrected chi connectivity index (χ2v) is 5.53. The van der Waals surface area contributed by atoms with Crippen LogP contribution in [0.25, 0.3) is 0 Å². The Bertz CT molecular complexity index is 396. The molecule has 1 fully saturated rings. The summed E-state index contributed by atoms with van der Waals surface area (Å²) >= 11 is 0. The fraction of sp³-hybridized carbons (Fsp3) is 0.833. The number of likely N-dealkylation sites (tertiary alicyclic amines) is 1. The number of carboxylic acid groups (broad SMARTS) is 1. The molecule has 0 saturated carbocycles. The van der Waals surface area contributed by atoms with Crippen LogP contribution in [0.1, 0.15) is 26.7 Å². The normalized spacial score (nSPS) is 20.7. The van der Waals surface area contributed by atoms with Crippen LogP contribution in [0.5, 0.6) is 0 Å². The second-order valence-electron chi connectivity index (χ2n) is 5.53. The summed E-state index contributed by atoms with van der Waals surface area (Å²) in [6.45, 7) is 2.46. The first kappa shape index (κ1) is 16.6. The van der Waals surface area contributed by atoms with Crippen molar-refractivity contribution in [1.82, 2.24) is 9.80 Å². The van der Waals surface area contributed by atoms with Gasteiger partial charge in [0.1, 0.15) is 5.54 Å². The first-order valence-corrected chi connectivity index (χ1v) is 6.30. The number of hydrogen-bond donors (Lipinski definition) is 1. The van der Waals surface area contributed by atoms with Gasteiger partial charge in [0.25, 0.3) is 0 Å². The zero-order valence-corrected chi connectivity index (χ0v) is 11.7. The number of alkyl halides is 3. The summed E-state index contributed by atoms with van der Waals surface area (Å²) in [4.78, 5) is 25.3. The van der Waals surface area contributed by atoms with Crippen LogP contribution in [0.3, 0.4) is 0 Å². The van der Waals surface area contributed by atoms with E-state index in [0.717, 1.165) is 9.80 Å². The van der Waals surface area contributed by atoms with E-state index in [0.29, 0.717) is 0 Å². The van der Waals surface area contributed by atoms with Gasteiger partial charge in [-0.05, 0) is 26.7 Å². The van der Waals surface area contributed by atoms with Gasteiger partial charge in [0.05, 0.1) is 5.92 Å². The number of halogens is 3. The molecule has 0 bridgehead atoms. The van der Waals surface area contributed by atoms with Crippen LogP contribution < -0.4 is 0 Å². The number of amides is 2. The highest BCUT2D eigenvalue weighted by Crippen LogP contribution is 2.33. The molecule has 1 saturated heterocycles. The monoisotopic (exact) mass is 296 g/mol. The molecule has 0 spiro atoms. The number of nitrogens with zero attached hydrogens (tertiary/aromatic N) is 2. The minimum absolute atomic E-state index is 0.000677. The quantitative estimate of drug-likeness (QED) is 0.849. The zero-order chi connectivity index (χ0) is 15.7. The van der Waals surface area contributed by atoms with Crippen LogP contribution in [0.15, 0.2) is 0 Å². The fourth-order valence-electron chi connectivity index (χ4n) is 2.01. The summed E-state index contributed by atoms with van der Waals surface area (Å²) in [6, 6.07) is -0.689. The zero-order valence-electron chi connectivity index (χ0n) is 11.7. The van der Waals surface area contributed by atoms with Crippen molar-refractivity contribution >= 4 is 12.0 Å². The third-order valence-corrected chi connectivity index (χ3v) is 3.80. The number of rotatable bonds is 2. The van der Waals surface area contributed by atoms with E-state index in [4.69, 9.17) is 5.11 Å². The van der Waals surface area contributed by atoms with E-state index in [1.165, 1.54) is 20.9 Å². The Kier molecular flexibility index (Phi) is 4.55. The van der Waals surface area contributed by atoms with Crippen molar-refractivity contribution in [2.45, 2.75) is 38.4 Å². The van der Waals surface area contributed by atoms with Crippen molar-refractivity contribution in [3.8, 4) is 0 Å². The minimum atomic E-state index is -4.33. The van der Waals surface area contributed by atoms with E-state index in [1.807, 2.05) is 0 Å². The predicted molar refractivity (Wildman–Crippen MR) is 65.2 cm³/mol. The highest BCUT2D eigenvalue weighted by molar-refractivity contribution is 5.85. The van der Waals surface area contributed by atoms with Gasteiger partial charge in [-0.3, -0.25) is 0 Å². The molecule has 1 atom stereocenters. The Balaban J connectivity index is 2.80. The molecule has 8 heteroatoms. The van der Waals surface area contributed by atoms with Gasteiger partial charge in [-0.2, -0.15) is 13.2 Å². The maximum Gasteiger partial charge on any atom is 0.393 e. The molecule has 2 amide bonds. The van der Waals surface area contributed by atoms with Gasteiger partial charge >= 0.3 is 18.2 Å². The molecule has 1 N–H and O–H groups in total. The molecule has 116 valence electrons. The second kappa shape index (κ2) is 5.49. The van der Waals surface area contributed by atoms with E-state index in [9.17, 15) is 22.8 Å². The van der Waals surface area contributed by atoms with Gasteiger partial charge in [-0.15, -0.1) is 0 Å². The minimum Gasteiger partial charge on any atom is -0.480 e. The number of urea groups is 1. The van der Waals surface area contributed by atoms with Gasteiger partial charge in [0.2, 0.25) is 0 Å². The van der Waals surface area contributed by atoms with E-state index >= 15 is 0 Å². The molecular weight excluding hydrogens is 277 g/mol. The molecule has 1 unspecified atom stereocenters. The summed E-state index contributed by atoms with van der Waals surface area (Å²) in [5.41, 5.74) is -1.47. The number of carboxylic acids is 1. The average Bonchev–Trinajstić information content (AvgIpc) is 2.35. The maximum atomic E-state index is 12.7. The largest absolute Gasteiger partial charge is 0.480 e. The summed E-state index contributed by atoms with van der Waals surface area (Å²) in [6.07, 6.45) is -4.07. The lowest BCUT2D eigenvalue weighted by molar-refractivity contribution is -0.184. The number of piperidine rings is 1. The van der Waals surface area contributed by atoms with Gasteiger partial charge in [0.15, 0.2) is 0 Å². The number of aliphatic carboxylic acids is 1. The lowest BCUT2D eigenvalue weighted by Gasteiger charge is -2.39. The molecule has 1 rings (SSSR count). The van der Waals surface area contributed by atoms with Crippen molar-refractivity contribution in [2.24, 2.45) is 5.92 Å². The lowest BCUT2D eigenvalue weighted by Crippen LogP contribution is -2.57. The highest BCUT2D eigenvalue weighted by atomic mass is 19.4. The van der Waals surface area contributed by atoms with Crippen molar-refractivity contribution < 1.29 is 27.9 Å². The Hall–Kier alpha value is -1.47. The van der Waals surface area contributed by atoms with Gasteiger partial charge < -0.3 is 14.9 Å². The molecule has 0 aliphatic carbocycles. The highest BCUT2D eigenvalue weighted by Gasteiger charge is 2.44.